The molecule has 0 spiro atoms. The van der Waals surface area contributed by atoms with Gasteiger partial charge in [0.25, 0.3) is 0 Å². The molecule has 0 saturated carbocycles. The minimum atomic E-state index is 0.183. The number of aryl methyl sites for hydroxylation is 2. The highest BCUT2D eigenvalue weighted by Crippen LogP contribution is 2.16. The highest BCUT2D eigenvalue weighted by Gasteiger charge is 2.06. The molecule has 0 aliphatic carbocycles. The van der Waals surface area contributed by atoms with E-state index in [-0.39, 0.29) is 6.04 Å². The molecule has 100 valence electrons. The molecule has 19 heavy (non-hydrogen) atoms. The fraction of sp³-hybridized carbons (Fsp3) is 0.294. The van der Waals surface area contributed by atoms with E-state index in [0.29, 0.717) is 6.61 Å². The third-order valence-electron chi connectivity index (χ3n) is 3.09. The van der Waals surface area contributed by atoms with Crippen molar-refractivity contribution >= 4 is 0 Å². The van der Waals surface area contributed by atoms with Crippen LogP contribution in [0.4, 0.5) is 0 Å². The molecule has 1 N–H and O–H groups in total. The molecular weight excluding hydrogens is 234 g/mol. The van der Waals surface area contributed by atoms with E-state index in [1.165, 1.54) is 22.3 Å². The lowest BCUT2D eigenvalue weighted by Gasteiger charge is -2.15. The van der Waals surface area contributed by atoms with Gasteiger partial charge in [-0.1, -0.05) is 59.7 Å². The lowest BCUT2D eigenvalue weighted by molar-refractivity contribution is 0.00696. The smallest absolute Gasteiger partial charge is 0.0933 e. The third-order valence-corrected chi connectivity index (χ3v) is 3.09. The van der Waals surface area contributed by atoms with Crippen molar-refractivity contribution in [3.63, 3.8) is 0 Å². The maximum atomic E-state index is 5.57. The van der Waals surface area contributed by atoms with Crippen LogP contribution >= 0.6 is 0 Å². The molecule has 2 rings (SSSR count). The van der Waals surface area contributed by atoms with Gasteiger partial charge >= 0.3 is 0 Å². The van der Waals surface area contributed by atoms with Crippen LogP contribution in [0.15, 0.2) is 48.5 Å². The molecular formula is C17H21NO. The molecule has 0 radical (unpaired) electrons. The zero-order valence-corrected chi connectivity index (χ0v) is 11.8. The first kappa shape index (κ1) is 13.8. The minimum Gasteiger partial charge on any atom is -0.296 e. The SMILES string of the molecule is Cc1cc(C)cc(C(C)NOCc2ccccc2)c1. The van der Waals surface area contributed by atoms with E-state index in [1.807, 2.05) is 18.2 Å². The predicted molar refractivity (Wildman–Crippen MR) is 78.7 cm³/mol. The van der Waals surface area contributed by atoms with Crippen LogP contribution in [-0.2, 0) is 11.4 Å². The summed E-state index contributed by atoms with van der Waals surface area (Å²) >= 11 is 0. The standard InChI is InChI=1S/C17H21NO/c1-13-9-14(2)11-17(10-13)15(3)18-19-12-16-7-5-4-6-8-16/h4-11,15,18H,12H2,1-3H3. The summed E-state index contributed by atoms with van der Waals surface area (Å²) in [5.74, 6) is 0. The first-order chi connectivity index (χ1) is 9.15. The minimum absolute atomic E-state index is 0.183. The second-order valence-electron chi connectivity index (χ2n) is 5.03. The Morgan fingerprint density at radius 2 is 1.63 bits per heavy atom. The summed E-state index contributed by atoms with van der Waals surface area (Å²) < 4.78 is 0. The number of benzene rings is 2. The van der Waals surface area contributed by atoms with Crippen molar-refractivity contribution in [3.8, 4) is 0 Å². The van der Waals surface area contributed by atoms with Gasteiger partial charge in [0.1, 0.15) is 0 Å². The van der Waals surface area contributed by atoms with Crippen LogP contribution in [0, 0.1) is 13.8 Å². The normalized spacial score (nSPS) is 12.4. The average Bonchev–Trinajstić information content (AvgIpc) is 2.38. The Morgan fingerprint density at radius 3 is 2.26 bits per heavy atom. The zero-order valence-electron chi connectivity index (χ0n) is 11.8. The first-order valence-electron chi connectivity index (χ1n) is 6.64. The van der Waals surface area contributed by atoms with E-state index in [0.717, 1.165) is 0 Å². The Bertz CT molecular complexity index is 502. The van der Waals surface area contributed by atoms with Crippen molar-refractivity contribution in [1.29, 1.82) is 0 Å². The summed E-state index contributed by atoms with van der Waals surface area (Å²) in [5.41, 5.74) is 8.09. The molecule has 2 nitrogen and oxygen atoms in total. The second-order valence-corrected chi connectivity index (χ2v) is 5.03. The molecule has 2 aromatic rings. The summed E-state index contributed by atoms with van der Waals surface area (Å²) in [5, 5.41) is 0. The number of hydrogen-bond acceptors (Lipinski definition) is 2. The number of hydroxylamine groups is 1. The van der Waals surface area contributed by atoms with Crippen LogP contribution in [0.5, 0.6) is 0 Å². The van der Waals surface area contributed by atoms with Crippen molar-refractivity contribution in [1.82, 2.24) is 5.48 Å². The first-order valence-corrected chi connectivity index (χ1v) is 6.64. The predicted octanol–water partition coefficient (Wildman–Crippen LogP) is 4.09. The van der Waals surface area contributed by atoms with Gasteiger partial charge in [-0.3, -0.25) is 4.84 Å². The molecule has 0 heterocycles. The van der Waals surface area contributed by atoms with Crippen LogP contribution < -0.4 is 5.48 Å². The van der Waals surface area contributed by atoms with Crippen molar-refractivity contribution < 1.29 is 4.84 Å². The summed E-state index contributed by atoms with van der Waals surface area (Å²) in [6, 6.07) is 16.9. The third kappa shape index (κ3) is 4.19. The quantitative estimate of drug-likeness (QED) is 0.813. The zero-order chi connectivity index (χ0) is 13.7. The second kappa shape index (κ2) is 6.50. The van der Waals surface area contributed by atoms with Gasteiger partial charge in [-0.25, -0.2) is 0 Å². The highest BCUT2D eigenvalue weighted by molar-refractivity contribution is 5.30. The number of nitrogens with one attached hydrogen (secondary N) is 1. The van der Waals surface area contributed by atoms with Crippen LogP contribution in [0.3, 0.4) is 0 Å². The van der Waals surface area contributed by atoms with E-state index >= 15 is 0 Å². The van der Waals surface area contributed by atoms with Crippen molar-refractivity contribution in [3.05, 3.63) is 70.8 Å². The monoisotopic (exact) mass is 255 g/mol. The average molecular weight is 255 g/mol. The van der Waals surface area contributed by atoms with Gasteiger partial charge in [0.05, 0.1) is 12.6 Å². The van der Waals surface area contributed by atoms with E-state index in [2.05, 4.69) is 56.6 Å². The highest BCUT2D eigenvalue weighted by atomic mass is 16.6. The molecule has 2 aromatic carbocycles. The van der Waals surface area contributed by atoms with Crippen LogP contribution in [0.1, 0.15) is 35.2 Å². The van der Waals surface area contributed by atoms with Crippen LogP contribution in [-0.4, -0.2) is 0 Å². The van der Waals surface area contributed by atoms with Crippen LogP contribution in [0.25, 0.3) is 0 Å². The largest absolute Gasteiger partial charge is 0.296 e. The Balaban J connectivity index is 1.89. The van der Waals surface area contributed by atoms with Gasteiger partial charge in [-0.2, -0.15) is 5.48 Å². The molecule has 1 atom stereocenters. The maximum Gasteiger partial charge on any atom is 0.0933 e. The molecule has 0 saturated heterocycles. The van der Waals surface area contributed by atoms with Gasteiger partial charge in [-0.05, 0) is 31.9 Å². The summed E-state index contributed by atoms with van der Waals surface area (Å²) in [6.07, 6.45) is 0. The summed E-state index contributed by atoms with van der Waals surface area (Å²) in [4.78, 5) is 5.57. The Morgan fingerprint density at radius 1 is 1.00 bits per heavy atom. The topological polar surface area (TPSA) is 21.3 Å². The fourth-order valence-electron chi connectivity index (χ4n) is 2.15. The Kier molecular flexibility index (Phi) is 4.72. The summed E-state index contributed by atoms with van der Waals surface area (Å²) in [6.45, 7) is 6.93. The van der Waals surface area contributed by atoms with E-state index in [1.54, 1.807) is 0 Å². The molecule has 0 amide bonds. The van der Waals surface area contributed by atoms with E-state index in [9.17, 15) is 0 Å². The van der Waals surface area contributed by atoms with Crippen molar-refractivity contribution in [2.75, 3.05) is 0 Å². The number of hydrogen-bond donors (Lipinski definition) is 1. The van der Waals surface area contributed by atoms with Gasteiger partial charge in [-0.15, -0.1) is 0 Å². The Hall–Kier alpha value is -1.64. The number of rotatable bonds is 5. The molecule has 0 bridgehead atoms. The lowest BCUT2D eigenvalue weighted by atomic mass is 10.0. The molecule has 0 aromatic heterocycles. The van der Waals surface area contributed by atoms with Gasteiger partial charge in [0.2, 0.25) is 0 Å². The van der Waals surface area contributed by atoms with Crippen LogP contribution in [0.2, 0.25) is 0 Å². The van der Waals surface area contributed by atoms with Gasteiger partial charge in [0.15, 0.2) is 0 Å². The fourth-order valence-corrected chi connectivity index (χ4v) is 2.15. The molecule has 0 aliphatic heterocycles. The Labute approximate surface area is 115 Å². The van der Waals surface area contributed by atoms with Gasteiger partial charge in [0, 0.05) is 0 Å². The van der Waals surface area contributed by atoms with Gasteiger partial charge < -0.3 is 0 Å². The molecule has 0 aliphatic rings. The lowest BCUT2D eigenvalue weighted by Crippen LogP contribution is -2.19. The maximum absolute atomic E-state index is 5.57. The molecule has 2 heteroatoms. The summed E-state index contributed by atoms with van der Waals surface area (Å²) in [7, 11) is 0. The van der Waals surface area contributed by atoms with E-state index < -0.39 is 0 Å². The van der Waals surface area contributed by atoms with Crippen molar-refractivity contribution in [2.45, 2.75) is 33.4 Å². The molecule has 1 unspecified atom stereocenters. The molecule has 0 fully saturated rings. The van der Waals surface area contributed by atoms with Crippen molar-refractivity contribution in [2.24, 2.45) is 0 Å². The van der Waals surface area contributed by atoms with E-state index in [4.69, 9.17) is 4.84 Å².